The van der Waals surface area contributed by atoms with E-state index in [9.17, 15) is 9.13 Å². The summed E-state index contributed by atoms with van der Waals surface area (Å²) in [6.45, 7) is 0. The van der Waals surface area contributed by atoms with Gasteiger partial charge in [0.05, 0.1) is 0 Å². The van der Waals surface area contributed by atoms with E-state index in [0.29, 0.717) is 0 Å². The predicted molar refractivity (Wildman–Crippen MR) is 46.7 cm³/mol. The topological polar surface area (TPSA) is 71.1 Å². The molecule has 0 aromatic heterocycles. The van der Waals surface area contributed by atoms with Gasteiger partial charge >= 0.3 is 91.6 Å². The van der Waals surface area contributed by atoms with Crippen LogP contribution >= 0.6 is 38.4 Å². The molecule has 76 valence electrons. The maximum absolute atomic E-state index is 11.1. The van der Waals surface area contributed by atoms with E-state index in [1.165, 1.54) is 0 Å². The van der Waals surface area contributed by atoms with E-state index in [1.807, 2.05) is 0 Å². The van der Waals surface area contributed by atoms with Crippen LogP contribution in [0.15, 0.2) is 0 Å². The van der Waals surface area contributed by atoms with Crippen LogP contribution in [-0.4, -0.2) is 34.2 Å². The van der Waals surface area contributed by atoms with Crippen molar-refractivity contribution in [3.63, 3.8) is 0 Å². The predicted octanol–water partition coefficient (Wildman–Crippen LogP) is 2.29. The van der Waals surface area contributed by atoms with Gasteiger partial charge in [-0.2, -0.15) is 0 Å². The molecule has 0 bridgehead atoms. The van der Waals surface area contributed by atoms with Crippen molar-refractivity contribution in [3.05, 3.63) is 0 Å². The molecule has 2 aliphatic rings. The summed E-state index contributed by atoms with van der Waals surface area (Å²) in [4.78, 5) is 0. The van der Waals surface area contributed by atoms with Crippen LogP contribution < -0.4 is 0 Å². The quantitative estimate of drug-likeness (QED) is 0.355. The third-order valence-corrected chi connectivity index (χ3v) is 29.1. The monoisotopic (exact) mass is 464 g/mol. The van der Waals surface area contributed by atoms with Gasteiger partial charge in [0.2, 0.25) is 0 Å². The third kappa shape index (κ3) is 1.90. The van der Waals surface area contributed by atoms with E-state index in [0.717, 1.165) is 0 Å². The molecule has 6 nitrogen and oxygen atoms in total. The zero-order chi connectivity index (χ0) is 9.74. The molecule has 2 heterocycles. The Kier molecular flexibility index (Phi) is 2.95. The second kappa shape index (κ2) is 3.40. The van der Waals surface area contributed by atoms with Gasteiger partial charge in [0.15, 0.2) is 0 Å². The van der Waals surface area contributed by atoms with E-state index in [2.05, 4.69) is 0 Å². The van der Waals surface area contributed by atoms with Crippen LogP contribution in [0.1, 0.15) is 0 Å². The van der Waals surface area contributed by atoms with E-state index in [4.69, 9.17) is 33.1 Å². The Morgan fingerprint density at radius 3 is 1.46 bits per heavy atom. The van der Waals surface area contributed by atoms with Crippen LogP contribution in [-0.2, 0) is 19.0 Å². The molecule has 0 aromatic rings. The van der Waals surface area contributed by atoms with Gasteiger partial charge in [0.1, 0.15) is 0 Å². The SMILES string of the molecule is O=P1(CCl)[O][Pb]2([O]1)[O]P(=O)(CCl)[O]2. The fraction of sp³-hybridized carbons (Fsp3) is 1.00. The Balaban J connectivity index is 1.96. The van der Waals surface area contributed by atoms with Crippen LogP contribution in [0, 0.1) is 0 Å². The average Bonchev–Trinajstić information content (AvgIpc) is 1.98. The van der Waals surface area contributed by atoms with Crippen molar-refractivity contribution in [3.8, 4) is 0 Å². The number of hydrogen-bond acceptors (Lipinski definition) is 6. The van der Waals surface area contributed by atoms with Crippen LogP contribution in [0.5, 0.6) is 0 Å². The van der Waals surface area contributed by atoms with Crippen LogP contribution in [0.4, 0.5) is 0 Å². The van der Waals surface area contributed by atoms with E-state index in [-0.39, 0.29) is 11.2 Å². The maximum atomic E-state index is 11.1. The first-order valence-corrected chi connectivity index (χ1v) is 14.0. The Morgan fingerprint density at radius 2 is 1.23 bits per heavy atom. The zero-order valence-electron chi connectivity index (χ0n) is 6.01. The molecule has 0 saturated carbocycles. The van der Waals surface area contributed by atoms with Crippen molar-refractivity contribution < 1.29 is 19.0 Å². The molecule has 13 heavy (non-hydrogen) atoms. The number of alkyl halides is 2. The van der Waals surface area contributed by atoms with Gasteiger partial charge < -0.3 is 0 Å². The van der Waals surface area contributed by atoms with Crippen molar-refractivity contribution in [2.45, 2.75) is 0 Å². The van der Waals surface area contributed by atoms with E-state index >= 15 is 0 Å². The molecular weight excluding hydrogens is 460 g/mol. The Labute approximate surface area is 91.1 Å². The molecule has 0 amide bonds. The zero-order valence-corrected chi connectivity index (χ0v) is 13.2. The number of rotatable bonds is 2. The summed E-state index contributed by atoms with van der Waals surface area (Å²) in [5.74, 6) is 0. The normalized spacial score (nSPS) is 54.3. The molecular formula is C2H4Cl2O6P2Pb. The molecule has 0 N–H and O–H groups in total. The molecule has 0 radical (unpaired) electrons. The molecule has 1 spiro atoms. The first-order chi connectivity index (χ1) is 5.95. The summed E-state index contributed by atoms with van der Waals surface area (Å²) in [6.07, 6.45) is 0. The van der Waals surface area contributed by atoms with Crippen molar-refractivity contribution in [2.24, 2.45) is 0 Å². The summed E-state index contributed by atoms with van der Waals surface area (Å²) >= 11 is 6.40. The van der Waals surface area contributed by atoms with Crippen molar-refractivity contribution in [1.29, 1.82) is 0 Å². The summed E-state index contributed by atoms with van der Waals surface area (Å²) in [5, 5.41) is 0. The van der Waals surface area contributed by atoms with Gasteiger partial charge in [-0.15, -0.1) is 0 Å². The van der Waals surface area contributed by atoms with Gasteiger partial charge in [0.25, 0.3) is 0 Å². The van der Waals surface area contributed by atoms with Gasteiger partial charge in [-0.3, -0.25) is 0 Å². The van der Waals surface area contributed by atoms with Gasteiger partial charge in [-0.25, -0.2) is 0 Å². The molecule has 2 rings (SSSR count). The van der Waals surface area contributed by atoms with Crippen LogP contribution in [0.3, 0.4) is 0 Å². The molecule has 11 heteroatoms. The molecule has 0 aliphatic carbocycles. The number of hydrogen-bond donors (Lipinski definition) is 0. The molecule has 0 unspecified atom stereocenters. The molecule has 0 aromatic carbocycles. The molecule has 2 saturated heterocycles. The van der Waals surface area contributed by atoms with Crippen LogP contribution in [0.2, 0.25) is 0 Å². The van der Waals surface area contributed by atoms with Crippen LogP contribution in [0.25, 0.3) is 0 Å². The van der Waals surface area contributed by atoms with Crippen molar-refractivity contribution >= 4 is 61.4 Å². The van der Waals surface area contributed by atoms with Gasteiger partial charge in [-0.05, 0) is 0 Å². The fourth-order valence-corrected chi connectivity index (χ4v) is 31.3. The Hall–Kier alpha value is 1.80. The number of halogens is 2. The second-order valence-corrected chi connectivity index (χ2v) is 19.8. The molecule has 2 aliphatic heterocycles. The van der Waals surface area contributed by atoms with E-state index < -0.39 is 38.2 Å². The summed E-state index contributed by atoms with van der Waals surface area (Å²) < 4.78 is 41.7. The summed E-state index contributed by atoms with van der Waals surface area (Å²) in [5.41, 5.74) is -0.515. The Morgan fingerprint density at radius 1 is 0.923 bits per heavy atom. The first kappa shape index (κ1) is 11.3. The molecule has 2 fully saturated rings. The summed E-state index contributed by atoms with van der Waals surface area (Å²) in [6, 6.07) is 0. The average molecular weight is 464 g/mol. The summed E-state index contributed by atoms with van der Waals surface area (Å²) in [7, 11) is -6.35. The van der Waals surface area contributed by atoms with E-state index in [1.54, 1.807) is 0 Å². The fourth-order valence-electron chi connectivity index (χ4n) is 0.859. The second-order valence-electron chi connectivity index (χ2n) is 2.33. The van der Waals surface area contributed by atoms with Crippen molar-refractivity contribution in [2.75, 3.05) is 11.2 Å². The van der Waals surface area contributed by atoms with Gasteiger partial charge in [-0.1, -0.05) is 0 Å². The minimum atomic E-state index is -4.15. The standard InChI is InChI=1S/2CH4ClO3P.Pb/c2*2-1-6(3,4)5;/h2*1H2,(H2,3,4,5);/q;;+4/p-4. The first-order valence-electron chi connectivity index (χ1n) is 3.08. The van der Waals surface area contributed by atoms with Gasteiger partial charge in [0, 0.05) is 0 Å². The molecule has 0 atom stereocenters. The minimum absolute atomic E-state index is 0.257. The Bertz CT molecular complexity index is 277. The third-order valence-electron chi connectivity index (χ3n) is 1.30. The van der Waals surface area contributed by atoms with Crippen molar-refractivity contribution in [1.82, 2.24) is 0 Å².